The molecule has 96 valence electrons. The average Bonchev–Trinajstić information content (AvgIpc) is 2.97. The summed E-state index contributed by atoms with van der Waals surface area (Å²) in [6, 6.07) is -0.161. The molecular weight excluding hydrogens is 268 g/mol. The van der Waals surface area contributed by atoms with E-state index in [1.54, 1.807) is 11.6 Å². The standard InChI is InChI=1S/C11H14N4OS2/c1-6-4-12-9(13-6)7(2)14-10(16)8-5-18-11(15-8)17-3/h4-5,7H,1-3H3,(H,12,13)(H,14,16). The Balaban J connectivity index is 2.02. The lowest BCUT2D eigenvalue weighted by molar-refractivity contribution is 0.0933. The number of carbonyl (C=O) groups is 1. The van der Waals surface area contributed by atoms with Crippen molar-refractivity contribution in [3.05, 3.63) is 28.8 Å². The predicted octanol–water partition coefficient (Wildman–Crippen LogP) is 2.39. The Bertz CT molecular complexity index is 549. The maximum Gasteiger partial charge on any atom is 0.271 e. The lowest BCUT2D eigenvalue weighted by Crippen LogP contribution is -2.27. The predicted molar refractivity (Wildman–Crippen MR) is 73.1 cm³/mol. The number of hydrogen-bond donors (Lipinski definition) is 2. The van der Waals surface area contributed by atoms with Gasteiger partial charge in [0.05, 0.1) is 6.04 Å². The Labute approximate surface area is 113 Å². The van der Waals surface area contributed by atoms with Gasteiger partial charge in [-0.3, -0.25) is 4.79 Å². The second-order valence-electron chi connectivity index (χ2n) is 3.85. The van der Waals surface area contributed by atoms with Crippen LogP contribution in [0.4, 0.5) is 0 Å². The summed E-state index contributed by atoms with van der Waals surface area (Å²) < 4.78 is 0.890. The van der Waals surface area contributed by atoms with Gasteiger partial charge in [0, 0.05) is 17.3 Å². The van der Waals surface area contributed by atoms with Crippen molar-refractivity contribution in [1.29, 1.82) is 0 Å². The number of nitrogens with zero attached hydrogens (tertiary/aromatic N) is 2. The largest absolute Gasteiger partial charge is 0.344 e. The number of nitrogens with one attached hydrogen (secondary N) is 2. The fourth-order valence-corrected chi connectivity index (χ4v) is 2.69. The van der Waals surface area contributed by atoms with Gasteiger partial charge in [-0.2, -0.15) is 0 Å². The summed E-state index contributed by atoms with van der Waals surface area (Å²) in [4.78, 5) is 23.5. The van der Waals surface area contributed by atoms with Crippen LogP contribution >= 0.6 is 23.1 Å². The molecule has 2 heterocycles. The maximum absolute atomic E-state index is 11.9. The van der Waals surface area contributed by atoms with Gasteiger partial charge in [0.2, 0.25) is 0 Å². The van der Waals surface area contributed by atoms with Crippen LogP contribution in [-0.2, 0) is 0 Å². The molecule has 0 saturated heterocycles. The Hall–Kier alpha value is -1.34. The molecule has 0 spiro atoms. The van der Waals surface area contributed by atoms with Gasteiger partial charge in [0.1, 0.15) is 15.9 Å². The number of aryl methyl sites for hydroxylation is 1. The van der Waals surface area contributed by atoms with Gasteiger partial charge in [0.15, 0.2) is 0 Å². The van der Waals surface area contributed by atoms with Gasteiger partial charge in [-0.05, 0) is 20.1 Å². The van der Waals surface area contributed by atoms with E-state index in [0.29, 0.717) is 5.69 Å². The molecule has 18 heavy (non-hydrogen) atoms. The zero-order valence-corrected chi connectivity index (χ0v) is 12.0. The van der Waals surface area contributed by atoms with E-state index < -0.39 is 0 Å². The molecule has 0 bridgehead atoms. The zero-order valence-electron chi connectivity index (χ0n) is 10.4. The minimum atomic E-state index is -0.173. The number of carbonyl (C=O) groups excluding carboxylic acids is 1. The number of thioether (sulfide) groups is 1. The molecule has 1 unspecified atom stereocenters. The van der Waals surface area contributed by atoms with Crippen molar-refractivity contribution in [3.63, 3.8) is 0 Å². The molecule has 0 aliphatic heterocycles. The van der Waals surface area contributed by atoms with E-state index in [1.165, 1.54) is 23.1 Å². The Morgan fingerprint density at radius 3 is 2.94 bits per heavy atom. The third kappa shape index (κ3) is 2.91. The summed E-state index contributed by atoms with van der Waals surface area (Å²) >= 11 is 3.01. The van der Waals surface area contributed by atoms with Crippen LogP contribution in [-0.4, -0.2) is 27.1 Å². The first-order chi connectivity index (χ1) is 8.60. The third-order valence-corrected chi connectivity index (χ3v) is 4.23. The van der Waals surface area contributed by atoms with E-state index in [2.05, 4.69) is 20.3 Å². The minimum absolute atomic E-state index is 0.161. The summed E-state index contributed by atoms with van der Waals surface area (Å²) in [7, 11) is 0. The molecule has 0 aromatic carbocycles. The molecule has 0 fully saturated rings. The Kier molecular flexibility index (Phi) is 4.03. The van der Waals surface area contributed by atoms with Crippen LogP contribution in [0.2, 0.25) is 0 Å². The molecule has 2 rings (SSSR count). The SMILES string of the molecule is CSc1nc(C(=O)NC(C)c2ncc(C)[nH]2)cs1. The van der Waals surface area contributed by atoms with Gasteiger partial charge in [0.25, 0.3) is 5.91 Å². The molecule has 1 atom stereocenters. The first-order valence-corrected chi connectivity index (χ1v) is 7.52. The molecule has 0 aliphatic carbocycles. The number of rotatable bonds is 4. The first-order valence-electron chi connectivity index (χ1n) is 5.42. The second kappa shape index (κ2) is 5.53. The van der Waals surface area contributed by atoms with Crippen LogP contribution in [0, 0.1) is 6.92 Å². The number of aromatic nitrogens is 3. The van der Waals surface area contributed by atoms with Gasteiger partial charge in [-0.1, -0.05) is 11.8 Å². The molecule has 5 nitrogen and oxygen atoms in total. The molecule has 2 N–H and O–H groups in total. The number of aromatic amines is 1. The molecule has 2 aromatic rings. The van der Waals surface area contributed by atoms with E-state index in [9.17, 15) is 4.79 Å². The van der Waals surface area contributed by atoms with Gasteiger partial charge in [-0.15, -0.1) is 11.3 Å². The second-order valence-corrected chi connectivity index (χ2v) is 5.76. The van der Waals surface area contributed by atoms with Crippen LogP contribution in [0.3, 0.4) is 0 Å². The molecule has 0 radical (unpaired) electrons. The highest BCUT2D eigenvalue weighted by Crippen LogP contribution is 2.20. The highest BCUT2D eigenvalue weighted by atomic mass is 32.2. The van der Waals surface area contributed by atoms with Crippen LogP contribution in [0.1, 0.15) is 35.0 Å². The quantitative estimate of drug-likeness (QED) is 0.845. The lowest BCUT2D eigenvalue weighted by Gasteiger charge is -2.09. The molecule has 0 aliphatic rings. The van der Waals surface area contributed by atoms with E-state index in [-0.39, 0.29) is 11.9 Å². The third-order valence-electron chi connectivity index (χ3n) is 2.37. The number of hydrogen-bond acceptors (Lipinski definition) is 5. The summed E-state index contributed by atoms with van der Waals surface area (Å²) in [6.07, 6.45) is 3.68. The lowest BCUT2D eigenvalue weighted by atomic mass is 10.3. The van der Waals surface area contributed by atoms with Crippen molar-refractivity contribution in [2.24, 2.45) is 0 Å². The zero-order chi connectivity index (χ0) is 13.1. The topological polar surface area (TPSA) is 70.7 Å². The van der Waals surface area contributed by atoms with Gasteiger partial charge >= 0.3 is 0 Å². The highest BCUT2D eigenvalue weighted by molar-refractivity contribution is 8.00. The maximum atomic E-state index is 11.9. The van der Waals surface area contributed by atoms with Crippen LogP contribution in [0.5, 0.6) is 0 Å². The van der Waals surface area contributed by atoms with Crippen molar-refractivity contribution < 1.29 is 4.79 Å². The number of H-pyrrole nitrogens is 1. The van der Waals surface area contributed by atoms with Crippen molar-refractivity contribution in [1.82, 2.24) is 20.3 Å². The van der Waals surface area contributed by atoms with Crippen LogP contribution in [0.15, 0.2) is 15.9 Å². The highest BCUT2D eigenvalue weighted by Gasteiger charge is 2.15. The van der Waals surface area contributed by atoms with Crippen molar-refractivity contribution in [3.8, 4) is 0 Å². The monoisotopic (exact) mass is 282 g/mol. The summed E-state index contributed by atoms with van der Waals surface area (Å²) in [5, 5.41) is 4.63. The van der Waals surface area contributed by atoms with E-state index in [1.807, 2.05) is 20.1 Å². The minimum Gasteiger partial charge on any atom is -0.344 e. The Morgan fingerprint density at radius 2 is 2.39 bits per heavy atom. The smallest absolute Gasteiger partial charge is 0.271 e. The van der Waals surface area contributed by atoms with Crippen LogP contribution < -0.4 is 5.32 Å². The summed E-state index contributed by atoms with van der Waals surface area (Å²) in [5.74, 6) is 0.578. The van der Waals surface area contributed by atoms with Crippen molar-refractivity contribution in [2.45, 2.75) is 24.2 Å². The summed E-state index contributed by atoms with van der Waals surface area (Å²) in [5.41, 5.74) is 1.43. The van der Waals surface area contributed by atoms with Crippen molar-refractivity contribution >= 4 is 29.0 Å². The molecule has 1 amide bonds. The molecular formula is C11H14N4OS2. The van der Waals surface area contributed by atoms with E-state index in [0.717, 1.165) is 15.9 Å². The van der Waals surface area contributed by atoms with E-state index in [4.69, 9.17) is 0 Å². The number of imidazole rings is 1. The number of thiazole rings is 1. The number of amides is 1. The van der Waals surface area contributed by atoms with Gasteiger partial charge in [-0.25, -0.2) is 9.97 Å². The first kappa shape index (κ1) is 13.1. The van der Waals surface area contributed by atoms with Gasteiger partial charge < -0.3 is 10.3 Å². The molecule has 7 heteroatoms. The fourth-order valence-electron chi connectivity index (χ4n) is 1.45. The molecule has 2 aromatic heterocycles. The average molecular weight is 282 g/mol. The van der Waals surface area contributed by atoms with Crippen LogP contribution in [0.25, 0.3) is 0 Å². The fraction of sp³-hybridized carbons (Fsp3) is 0.364. The van der Waals surface area contributed by atoms with E-state index >= 15 is 0 Å². The Morgan fingerprint density at radius 1 is 1.61 bits per heavy atom. The normalized spacial score (nSPS) is 12.4. The van der Waals surface area contributed by atoms with Crippen molar-refractivity contribution in [2.75, 3.05) is 6.26 Å². The summed E-state index contributed by atoms with van der Waals surface area (Å²) in [6.45, 7) is 3.81. The molecule has 0 saturated carbocycles.